The Bertz CT molecular complexity index is 752. The summed E-state index contributed by atoms with van der Waals surface area (Å²) in [5.41, 5.74) is 10.7. The zero-order chi connectivity index (χ0) is 15.9. The summed E-state index contributed by atoms with van der Waals surface area (Å²) in [4.78, 5) is 20.2. The van der Waals surface area contributed by atoms with E-state index in [1.807, 2.05) is 0 Å². The number of nitrogens with two attached hydrogens (primary N) is 2. The SMILES string of the molecule is NC(=O)C1(N)CCCCC1c1ncc2cc(F)c(F)cc2n1. The van der Waals surface area contributed by atoms with Crippen LogP contribution in [-0.4, -0.2) is 21.4 Å². The lowest BCUT2D eigenvalue weighted by Crippen LogP contribution is -2.57. The number of carbonyl (C=O) groups excluding carboxylic acids is 1. The molecule has 0 radical (unpaired) electrons. The third kappa shape index (κ3) is 2.31. The van der Waals surface area contributed by atoms with Crippen molar-refractivity contribution in [3.8, 4) is 0 Å². The molecule has 0 spiro atoms. The van der Waals surface area contributed by atoms with Crippen molar-refractivity contribution in [2.75, 3.05) is 0 Å². The molecule has 1 fully saturated rings. The number of hydrogen-bond acceptors (Lipinski definition) is 4. The van der Waals surface area contributed by atoms with Crippen molar-refractivity contribution in [1.82, 2.24) is 9.97 Å². The van der Waals surface area contributed by atoms with Crippen LogP contribution in [0.4, 0.5) is 8.78 Å². The number of carbonyl (C=O) groups is 1. The highest BCUT2D eigenvalue weighted by atomic mass is 19.2. The van der Waals surface area contributed by atoms with E-state index in [4.69, 9.17) is 11.5 Å². The van der Waals surface area contributed by atoms with Crippen LogP contribution in [0.2, 0.25) is 0 Å². The number of nitrogens with zero attached hydrogens (tertiary/aromatic N) is 2. The van der Waals surface area contributed by atoms with Gasteiger partial charge in [0.1, 0.15) is 11.4 Å². The Morgan fingerprint density at radius 1 is 1.27 bits per heavy atom. The van der Waals surface area contributed by atoms with E-state index in [1.165, 1.54) is 6.20 Å². The molecule has 1 saturated carbocycles. The first kappa shape index (κ1) is 14.8. The molecule has 1 heterocycles. The van der Waals surface area contributed by atoms with Gasteiger partial charge >= 0.3 is 0 Å². The topological polar surface area (TPSA) is 94.9 Å². The number of amides is 1. The van der Waals surface area contributed by atoms with Gasteiger partial charge in [-0.3, -0.25) is 4.79 Å². The summed E-state index contributed by atoms with van der Waals surface area (Å²) in [6.45, 7) is 0. The standard InChI is InChI=1S/C15H16F2N4O/c16-10-5-8-7-20-13(21-12(8)6-11(10)17)9-3-1-2-4-15(9,19)14(18)22/h5-7,9H,1-4,19H2,(H2,18,22). The van der Waals surface area contributed by atoms with Gasteiger partial charge in [0.15, 0.2) is 11.6 Å². The van der Waals surface area contributed by atoms with Crippen molar-refractivity contribution in [3.63, 3.8) is 0 Å². The maximum Gasteiger partial charge on any atom is 0.238 e. The van der Waals surface area contributed by atoms with Crippen molar-refractivity contribution >= 4 is 16.8 Å². The van der Waals surface area contributed by atoms with Gasteiger partial charge in [-0.1, -0.05) is 12.8 Å². The number of aromatic nitrogens is 2. The minimum absolute atomic E-state index is 0.279. The van der Waals surface area contributed by atoms with Crippen LogP contribution in [0.3, 0.4) is 0 Å². The highest BCUT2D eigenvalue weighted by Gasteiger charge is 2.44. The lowest BCUT2D eigenvalue weighted by Gasteiger charge is -2.37. The average Bonchev–Trinajstić information content (AvgIpc) is 2.48. The largest absolute Gasteiger partial charge is 0.368 e. The summed E-state index contributed by atoms with van der Waals surface area (Å²) in [6, 6.07) is 2.06. The monoisotopic (exact) mass is 306 g/mol. The van der Waals surface area contributed by atoms with Crippen LogP contribution in [0.25, 0.3) is 10.9 Å². The maximum atomic E-state index is 13.4. The van der Waals surface area contributed by atoms with Crippen LogP contribution in [-0.2, 0) is 4.79 Å². The summed E-state index contributed by atoms with van der Waals surface area (Å²) in [6.07, 6.45) is 4.20. The Kier molecular flexibility index (Phi) is 3.52. The van der Waals surface area contributed by atoms with Gasteiger partial charge in [-0.25, -0.2) is 18.7 Å². The van der Waals surface area contributed by atoms with Crippen molar-refractivity contribution in [3.05, 3.63) is 35.8 Å². The molecule has 2 aromatic rings. The predicted octanol–water partition coefficient (Wildman–Crippen LogP) is 1.75. The first-order valence-electron chi connectivity index (χ1n) is 7.12. The summed E-state index contributed by atoms with van der Waals surface area (Å²) in [5.74, 6) is -2.59. The van der Waals surface area contributed by atoms with Gasteiger partial charge in [0, 0.05) is 23.6 Å². The minimum Gasteiger partial charge on any atom is -0.368 e. The zero-order valence-corrected chi connectivity index (χ0v) is 11.9. The summed E-state index contributed by atoms with van der Waals surface area (Å²) >= 11 is 0. The molecule has 2 unspecified atom stereocenters. The second-order valence-electron chi connectivity index (χ2n) is 5.76. The van der Waals surface area contributed by atoms with Gasteiger partial charge < -0.3 is 11.5 Å². The van der Waals surface area contributed by atoms with Gasteiger partial charge in [-0.2, -0.15) is 0 Å². The Morgan fingerprint density at radius 3 is 2.73 bits per heavy atom. The van der Waals surface area contributed by atoms with E-state index in [0.717, 1.165) is 25.0 Å². The molecule has 1 aliphatic rings. The van der Waals surface area contributed by atoms with Crippen LogP contribution >= 0.6 is 0 Å². The number of hydrogen-bond donors (Lipinski definition) is 2. The fourth-order valence-corrected chi connectivity index (χ4v) is 3.06. The normalized spacial score (nSPS) is 25.3. The number of rotatable bonds is 2. The summed E-state index contributed by atoms with van der Waals surface area (Å²) in [7, 11) is 0. The molecule has 2 atom stereocenters. The molecule has 1 aromatic carbocycles. The van der Waals surface area contributed by atoms with E-state index >= 15 is 0 Å². The lowest BCUT2D eigenvalue weighted by molar-refractivity contribution is -0.125. The van der Waals surface area contributed by atoms with Crippen LogP contribution in [0.15, 0.2) is 18.3 Å². The first-order valence-corrected chi connectivity index (χ1v) is 7.12. The second-order valence-corrected chi connectivity index (χ2v) is 5.76. The predicted molar refractivity (Wildman–Crippen MR) is 76.8 cm³/mol. The molecule has 1 aliphatic carbocycles. The van der Waals surface area contributed by atoms with Crippen molar-refractivity contribution in [1.29, 1.82) is 0 Å². The molecule has 116 valence electrons. The third-order valence-corrected chi connectivity index (χ3v) is 4.37. The molecule has 5 nitrogen and oxygen atoms in total. The minimum atomic E-state index is -1.20. The molecule has 7 heteroatoms. The fraction of sp³-hybridized carbons (Fsp3) is 0.400. The van der Waals surface area contributed by atoms with Crippen LogP contribution in [0.5, 0.6) is 0 Å². The molecule has 0 bridgehead atoms. The van der Waals surface area contributed by atoms with Crippen molar-refractivity contribution in [2.45, 2.75) is 37.1 Å². The molecular weight excluding hydrogens is 290 g/mol. The summed E-state index contributed by atoms with van der Waals surface area (Å²) in [5, 5.41) is 0.389. The number of halogens is 2. The summed E-state index contributed by atoms with van der Waals surface area (Å²) < 4.78 is 26.6. The fourth-order valence-electron chi connectivity index (χ4n) is 3.06. The van der Waals surface area contributed by atoms with Crippen LogP contribution < -0.4 is 11.5 Å². The van der Waals surface area contributed by atoms with E-state index in [0.29, 0.717) is 24.1 Å². The zero-order valence-electron chi connectivity index (χ0n) is 11.9. The van der Waals surface area contributed by atoms with Crippen molar-refractivity contribution in [2.24, 2.45) is 11.5 Å². The Labute approximate surface area is 125 Å². The molecule has 4 N–H and O–H groups in total. The van der Waals surface area contributed by atoms with Crippen molar-refractivity contribution < 1.29 is 13.6 Å². The molecule has 1 aromatic heterocycles. The highest BCUT2D eigenvalue weighted by Crippen LogP contribution is 2.38. The molecular formula is C15H16F2N4O. The lowest BCUT2D eigenvalue weighted by atomic mass is 9.72. The van der Waals surface area contributed by atoms with E-state index in [2.05, 4.69) is 9.97 Å². The quantitative estimate of drug-likeness (QED) is 0.883. The second kappa shape index (κ2) is 5.24. The molecule has 0 saturated heterocycles. The molecule has 3 rings (SSSR count). The molecule has 1 amide bonds. The Hall–Kier alpha value is -2.15. The molecule has 22 heavy (non-hydrogen) atoms. The number of primary amides is 1. The van der Waals surface area contributed by atoms with Gasteiger partial charge in [-0.15, -0.1) is 0 Å². The van der Waals surface area contributed by atoms with Crippen LogP contribution in [0, 0.1) is 11.6 Å². The molecule has 0 aliphatic heterocycles. The van der Waals surface area contributed by atoms with E-state index in [1.54, 1.807) is 0 Å². The van der Waals surface area contributed by atoms with Gasteiger partial charge in [0.05, 0.1) is 5.52 Å². The average molecular weight is 306 g/mol. The smallest absolute Gasteiger partial charge is 0.238 e. The number of benzene rings is 1. The van der Waals surface area contributed by atoms with Crippen LogP contribution in [0.1, 0.15) is 37.4 Å². The van der Waals surface area contributed by atoms with E-state index in [9.17, 15) is 13.6 Å². The van der Waals surface area contributed by atoms with E-state index in [-0.39, 0.29) is 5.52 Å². The highest BCUT2D eigenvalue weighted by molar-refractivity contribution is 5.86. The van der Waals surface area contributed by atoms with Gasteiger partial charge in [-0.05, 0) is 18.9 Å². The van der Waals surface area contributed by atoms with Gasteiger partial charge in [0.25, 0.3) is 0 Å². The Balaban J connectivity index is 2.08. The third-order valence-electron chi connectivity index (χ3n) is 4.37. The Morgan fingerprint density at radius 2 is 2.00 bits per heavy atom. The first-order chi connectivity index (χ1) is 10.4. The van der Waals surface area contributed by atoms with Gasteiger partial charge in [0.2, 0.25) is 5.91 Å². The maximum absolute atomic E-state index is 13.4. The number of fused-ring (bicyclic) bond motifs is 1. The van der Waals surface area contributed by atoms with E-state index < -0.39 is 29.0 Å².